The van der Waals surface area contributed by atoms with E-state index in [4.69, 9.17) is 5.11 Å². The van der Waals surface area contributed by atoms with Gasteiger partial charge in [-0.3, -0.25) is 4.79 Å². The van der Waals surface area contributed by atoms with E-state index < -0.39 is 28.1 Å². The molecule has 1 aromatic heterocycles. The van der Waals surface area contributed by atoms with Crippen LogP contribution < -0.4 is 0 Å². The van der Waals surface area contributed by atoms with Crippen molar-refractivity contribution < 1.29 is 23.4 Å². The number of aliphatic hydroxyl groups is 1. The maximum atomic E-state index is 12.3. The van der Waals surface area contributed by atoms with Crippen molar-refractivity contribution >= 4 is 43.3 Å². The summed E-state index contributed by atoms with van der Waals surface area (Å²) in [7, 11) is -3.89. The summed E-state index contributed by atoms with van der Waals surface area (Å²) in [4.78, 5) is 11.0. The summed E-state index contributed by atoms with van der Waals surface area (Å²) >= 11 is 4.12. The third-order valence-electron chi connectivity index (χ3n) is 2.65. The van der Waals surface area contributed by atoms with E-state index in [1.54, 1.807) is 11.4 Å². The van der Waals surface area contributed by atoms with Crippen molar-refractivity contribution in [1.29, 1.82) is 0 Å². The molecular formula is C9H10BrNO5S2. The maximum absolute atomic E-state index is 12.3. The largest absolute Gasteiger partial charge is 0.480 e. The molecule has 0 radical (unpaired) electrons. The van der Waals surface area contributed by atoms with Crippen molar-refractivity contribution in [1.82, 2.24) is 4.31 Å². The lowest BCUT2D eigenvalue weighted by molar-refractivity contribution is -0.140. The molecule has 0 bridgehead atoms. The minimum absolute atomic E-state index is 0.0582. The topological polar surface area (TPSA) is 94.9 Å². The number of carboxylic acids is 1. The molecule has 0 aliphatic carbocycles. The van der Waals surface area contributed by atoms with Gasteiger partial charge in [-0.05, 0) is 27.4 Å². The van der Waals surface area contributed by atoms with Gasteiger partial charge in [-0.25, -0.2) is 8.42 Å². The van der Waals surface area contributed by atoms with E-state index in [1.807, 2.05) is 0 Å². The van der Waals surface area contributed by atoms with Crippen molar-refractivity contribution in [3.8, 4) is 0 Å². The lowest BCUT2D eigenvalue weighted by Gasteiger charge is -2.19. The van der Waals surface area contributed by atoms with Crippen LogP contribution in [0.25, 0.3) is 0 Å². The van der Waals surface area contributed by atoms with E-state index in [2.05, 4.69) is 15.9 Å². The van der Waals surface area contributed by atoms with Crippen LogP contribution in [-0.4, -0.2) is 47.6 Å². The van der Waals surface area contributed by atoms with Crippen molar-refractivity contribution in [2.24, 2.45) is 0 Å². The Morgan fingerprint density at radius 2 is 2.22 bits per heavy atom. The number of hydrogen-bond donors (Lipinski definition) is 2. The average Bonchev–Trinajstić information content (AvgIpc) is 2.84. The SMILES string of the molecule is O=C(O)[C@@H]1C[C@H](O)CN1S(=O)(=O)c1sccc1Br. The molecule has 1 fully saturated rings. The van der Waals surface area contributed by atoms with E-state index in [0.29, 0.717) is 4.47 Å². The molecule has 9 heteroatoms. The van der Waals surface area contributed by atoms with E-state index in [1.165, 1.54) is 0 Å². The number of aliphatic carboxylic acids is 1. The molecule has 2 atom stereocenters. The van der Waals surface area contributed by atoms with Gasteiger partial charge in [-0.15, -0.1) is 11.3 Å². The standard InChI is InChI=1S/C9H10BrNO5S2/c10-6-1-2-17-9(6)18(15,16)11-4-5(12)3-7(11)8(13)14/h1-2,5,7,12H,3-4H2,(H,13,14)/t5-,7-/m0/s1. The first kappa shape index (κ1) is 13.9. The second-order valence-electron chi connectivity index (χ2n) is 3.87. The average molecular weight is 356 g/mol. The zero-order valence-electron chi connectivity index (χ0n) is 8.98. The third-order valence-corrected chi connectivity index (χ3v) is 7.17. The van der Waals surface area contributed by atoms with Crippen LogP contribution in [0.3, 0.4) is 0 Å². The first-order valence-electron chi connectivity index (χ1n) is 4.99. The molecule has 1 aliphatic heterocycles. The van der Waals surface area contributed by atoms with Gasteiger partial charge in [0, 0.05) is 17.4 Å². The van der Waals surface area contributed by atoms with Gasteiger partial charge < -0.3 is 10.2 Å². The third kappa shape index (κ3) is 2.32. The number of nitrogens with zero attached hydrogens (tertiary/aromatic N) is 1. The smallest absolute Gasteiger partial charge is 0.322 e. The number of β-amino-alcohol motifs (C(OH)–C–C–N with tert-alkyl or cyclic N) is 1. The van der Waals surface area contributed by atoms with Crippen molar-refractivity contribution in [2.75, 3.05) is 6.54 Å². The van der Waals surface area contributed by atoms with Crippen molar-refractivity contribution in [2.45, 2.75) is 22.8 Å². The minimum Gasteiger partial charge on any atom is -0.480 e. The summed E-state index contributed by atoms with van der Waals surface area (Å²) in [6, 6.07) is 0.374. The van der Waals surface area contributed by atoms with Crippen molar-refractivity contribution in [3.05, 3.63) is 15.9 Å². The monoisotopic (exact) mass is 355 g/mol. The molecule has 0 aromatic carbocycles. The van der Waals surface area contributed by atoms with Crippen LogP contribution >= 0.6 is 27.3 Å². The van der Waals surface area contributed by atoms with Gasteiger partial charge in [-0.1, -0.05) is 0 Å². The lowest BCUT2D eigenvalue weighted by atomic mass is 10.2. The molecule has 0 saturated carbocycles. The molecule has 0 amide bonds. The van der Waals surface area contributed by atoms with Gasteiger partial charge in [0.1, 0.15) is 10.3 Å². The Morgan fingerprint density at radius 1 is 1.56 bits per heavy atom. The fourth-order valence-electron chi connectivity index (χ4n) is 1.84. The van der Waals surface area contributed by atoms with Crippen LogP contribution in [0.2, 0.25) is 0 Å². The summed E-state index contributed by atoms with van der Waals surface area (Å²) < 4.78 is 25.9. The fourth-order valence-corrected chi connectivity index (χ4v) is 5.90. The van der Waals surface area contributed by atoms with Crippen molar-refractivity contribution in [3.63, 3.8) is 0 Å². The molecule has 1 aromatic rings. The molecule has 2 rings (SSSR count). The molecule has 1 saturated heterocycles. The second kappa shape index (κ2) is 4.89. The van der Waals surface area contributed by atoms with Crippen LogP contribution in [0.15, 0.2) is 20.1 Å². The predicted molar refractivity (Wildman–Crippen MR) is 68.0 cm³/mol. The number of thiophene rings is 1. The van der Waals surface area contributed by atoms with E-state index >= 15 is 0 Å². The van der Waals surface area contributed by atoms with E-state index in [9.17, 15) is 18.3 Å². The second-order valence-corrected chi connectivity index (χ2v) is 7.73. The Hall–Kier alpha value is -0.480. The van der Waals surface area contributed by atoms with Gasteiger partial charge in [0.2, 0.25) is 0 Å². The molecule has 6 nitrogen and oxygen atoms in total. The zero-order valence-corrected chi connectivity index (χ0v) is 12.2. The fraction of sp³-hybridized carbons (Fsp3) is 0.444. The highest BCUT2D eigenvalue weighted by atomic mass is 79.9. The van der Waals surface area contributed by atoms with E-state index in [0.717, 1.165) is 15.6 Å². The summed E-state index contributed by atoms with van der Waals surface area (Å²) in [6.45, 7) is -0.191. The van der Waals surface area contributed by atoms with Crippen LogP contribution in [-0.2, 0) is 14.8 Å². The Bertz CT molecular complexity index is 569. The summed E-state index contributed by atoms with van der Waals surface area (Å²) in [6.07, 6.45) is -1.03. The van der Waals surface area contributed by atoms with Crippen LogP contribution in [0.4, 0.5) is 0 Å². The summed E-state index contributed by atoms with van der Waals surface area (Å²) in [5.41, 5.74) is 0. The predicted octanol–water partition coefficient (Wildman–Crippen LogP) is 0.719. The Morgan fingerprint density at radius 3 is 2.72 bits per heavy atom. The molecule has 100 valence electrons. The number of halogens is 1. The summed E-state index contributed by atoms with van der Waals surface area (Å²) in [5, 5.41) is 20.1. The number of rotatable bonds is 3. The number of carboxylic acid groups (broad SMARTS) is 1. The van der Waals surface area contributed by atoms with Gasteiger partial charge in [0.25, 0.3) is 10.0 Å². The Labute approximate surface area is 116 Å². The molecular weight excluding hydrogens is 346 g/mol. The van der Waals surface area contributed by atoms with Crippen LogP contribution in [0, 0.1) is 0 Å². The molecule has 0 unspecified atom stereocenters. The van der Waals surface area contributed by atoms with Gasteiger partial charge in [0.15, 0.2) is 0 Å². The molecule has 2 N–H and O–H groups in total. The quantitative estimate of drug-likeness (QED) is 0.832. The number of hydrogen-bond acceptors (Lipinski definition) is 5. The van der Waals surface area contributed by atoms with Gasteiger partial charge in [-0.2, -0.15) is 4.31 Å². The van der Waals surface area contributed by atoms with E-state index in [-0.39, 0.29) is 17.2 Å². The first-order chi connectivity index (χ1) is 8.34. The van der Waals surface area contributed by atoms with Crippen LogP contribution in [0.5, 0.6) is 0 Å². The molecule has 2 heterocycles. The maximum Gasteiger partial charge on any atom is 0.322 e. The Kier molecular flexibility index (Phi) is 3.79. The number of carbonyl (C=O) groups is 1. The highest BCUT2D eigenvalue weighted by Crippen LogP contribution is 2.34. The highest BCUT2D eigenvalue weighted by molar-refractivity contribution is 9.10. The zero-order chi connectivity index (χ0) is 13.5. The van der Waals surface area contributed by atoms with Crippen LogP contribution in [0.1, 0.15) is 6.42 Å². The normalized spacial score (nSPS) is 25.4. The Balaban J connectivity index is 2.41. The first-order valence-corrected chi connectivity index (χ1v) is 8.11. The minimum atomic E-state index is -3.89. The van der Waals surface area contributed by atoms with Gasteiger partial charge >= 0.3 is 5.97 Å². The molecule has 18 heavy (non-hydrogen) atoms. The molecule has 0 spiro atoms. The lowest BCUT2D eigenvalue weighted by Crippen LogP contribution is -2.40. The number of sulfonamides is 1. The van der Waals surface area contributed by atoms with Gasteiger partial charge in [0.05, 0.1) is 6.10 Å². The summed E-state index contributed by atoms with van der Waals surface area (Å²) in [5.74, 6) is -1.25. The molecule has 1 aliphatic rings. The highest BCUT2D eigenvalue weighted by Gasteiger charge is 2.44. The number of aliphatic hydroxyl groups excluding tert-OH is 1.